The number of H-pyrrole nitrogens is 1. The molecular formula is C20H21N5O3SSn. The van der Waals surface area contributed by atoms with E-state index in [4.69, 9.17) is 0 Å². The summed E-state index contributed by atoms with van der Waals surface area (Å²) >= 11 is -2.64. The fraction of sp³-hybridized carbons (Fsp3) is 0.150. The number of aromatic nitrogens is 4. The summed E-state index contributed by atoms with van der Waals surface area (Å²) in [4.78, 5) is 19.4. The van der Waals surface area contributed by atoms with Gasteiger partial charge in [0.15, 0.2) is 0 Å². The molecule has 0 aliphatic heterocycles. The van der Waals surface area contributed by atoms with E-state index < -0.39 is 28.4 Å². The average Bonchev–Trinajstić information content (AvgIpc) is 3.38. The normalized spacial score (nSPS) is 12.2. The molecule has 0 spiro atoms. The van der Waals surface area contributed by atoms with Crippen LogP contribution in [0.2, 0.25) is 14.8 Å². The van der Waals surface area contributed by atoms with Crippen LogP contribution in [0.3, 0.4) is 0 Å². The van der Waals surface area contributed by atoms with Crippen LogP contribution in [-0.2, 0) is 10.0 Å². The molecule has 4 aromatic rings. The molecule has 0 aliphatic rings. The van der Waals surface area contributed by atoms with Gasteiger partial charge in [-0.2, -0.15) is 0 Å². The van der Waals surface area contributed by atoms with Gasteiger partial charge in [0.1, 0.15) is 0 Å². The summed E-state index contributed by atoms with van der Waals surface area (Å²) in [5.74, 6) is -0.353. The number of carbonyl (C=O) groups excluding carboxylic acids is 1. The Morgan fingerprint density at radius 3 is 2.47 bits per heavy atom. The van der Waals surface area contributed by atoms with Crippen molar-refractivity contribution in [1.82, 2.24) is 19.4 Å². The van der Waals surface area contributed by atoms with Crippen molar-refractivity contribution in [3.05, 3.63) is 66.6 Å². The Bertz CT molecular complexity index is 1320. The van der Waals surface area contributed by atoms with E-state index in [0.29, 0.717) is 22.3 Å². The second-order valence-electron chi connectivity index (χ2n) is 7.94. The number of benzene rings is 2. The van der Waals surface area contributed by atoms with Crippen molar-refractivity contribution in [2.24, 2.45) is 0 Å². The summed E-state index contributed by atoms with van der Waals surface area (Å²) in [6, 6.07) is 13.6. The number of hydrogen-bond donors (Lipinski definition) is 2. The molecule has 1 amide bonds. The molecule has 8 nitrogen and oxygen atoms in total. The van der Waals surface area contributed by atoms with Crippen molar-refractivity contribution in [3.8, 4) is 0 Å². The van der Waals surface area contributed by atoms with E-state index >= 15 is 0 Å². The Morgan fingerprint density at radius 1 is 1.10 bits per heavy atom. The molecule has 0 atom stereocenters. The van der Waals surface area contributed by atoms with Crippen molar-refractivity contribution in [1.29, 1.82) is 0 Å². The number of carbonyl (C=O) groups is 1. The molecule has 4 rings (SSSR count). The number of hydrogen-bond acceptors (Lipinski definition) is 5. The van der Waals surface area contributed by atoms with Crippen LogP contribution in [0.4, 0.5) is 5.69 Å². The second-order valence-corrected chi connectivity index (χ2v) is 24.2. The maximum absolute atomic E-state index is 13.2. The summed E-state index contributed by atoms with van der Waals surface area (Å²) < 4.78 is 28.5. The van der Waals surface area contributed by atoms with E-state index in [1.54, 1.807) is 24.3 Å². The molecule has 0 fully saturated rings. The minimum absolute atomic E-state index is 0.155. The Labute approximate surface area is 178 Å². The zero-order valence-corrected chi connectivity index (χ0v) is 20.4. The van der Waals surface area contributed by atoms with Crippen molar-refractivity contribution >= 4 is 54.5 Å². The zero-order chi connectivity index (χ0) is 21.5. The third-order valence-corrected chi connectivity index (χ3v) is 12.2. The van der Waals surface area contributed by atoms with Gasteiger partial charge in [-0.25, -0.2) is 0 Å². The standard InChI is InChI=1S/C17H12N5O3S.3CH3.Sn/c23-17(15-9-10-18-21-15)20-14-7-4-8-16-13(14)11-19-22(16)26(24,25)12-5-2-1-3-6-12;;;;/h1-3,5-11H,(H,18,21)(H,20,23);3*1H3;. The van der Waals surface area contributed by atoms with Crippen molar-refractivity contribution < 1.29 is 13.2 Å². The summed E-state index contributed by atoms with van der Waals surface area (Å²) in [7, 11) is -3.87. The number of amides is 1. The third kappa shape index (κ3) is 3.74. The van der Waals surface area contributed by atoms with Crippen LogP contribution in [0.5, 0.6) is 0 Å². The second kappa shape index (κ2) is 7.55. The predicted octanol–water partition coefficient (Wildman–Crippen LogP) is 2.79. The van der Waals surface area contributed by atoms with E-state index in [1.165, 1.54) is 24.5 Å². The molecule has 30 heavy (non-hydrogen) atoms. The van der Waals surface area contributed by atoms with Gasteiger partial charge in [0.2, 0.25) is 0 Å². The molecule has 2 N–H and O–H groups in total. The molecule has 10 heteroatoms. The van der Waals surface area contributed by atoms with Gasteiger partial charge in [0.25, 0.3) is 0 Å². The van der Waals surface area contributed by atoms with E-state index in [2.05, 4.69) is 35.4 Å². The van der Waals surface area contributed by atoms with Crippen LogP contribution >= 0.6 is 0 Å². The number of anilines is 1. The zero-order valence-electron chi connectivity index (χ0n) is 16.7. The Morgan fingerprint density at radius 2 is 1.83 bits per heavy atom. The Hall–Kier alpha value is -2.66. The number of fused-ring (bicyclic) bond motifs is 1. The van der Waals surface area contributed by atoms with Crippen LogP contribution in [-0.4, -0.2) is 52.1 Å². The molecular weight excluding hydrogens is 509 g/mol. The van der Waals surface area contributed by atoms with Gasteiger partial charge in [-0.15, -0.1) is 0 Å². The molecule has 0 bridgehead atoms. The Kier molecular flexibility index (Phi) is 5.18. The van der Waals surface area contributed by atoms with Gasteiger partial charge in [0.05, 0.1) is 0 Å². The van der Waals surface area contributed by atoms with Crippen LogP contribution in [0.1, 0.15) is 10.5 Å². The summed E-state index contributed by atoms with van der Waals surface area (Å²) in [6.07, 6.45) is 2.97. The number of aromatic amines is 1. The monoisotopic (exact) mass is 531 g/mol. The van der Waals surface area contributed by atoms with Gasteiger partial charge in [-0.1, -0.05) is 0 Å². The minimum atomic E-state index is -3.87. The van der Waals surface area contributed by atoms with Crippen molar-refractivity contribution in [2.45, 2.75) is 19.7 Å². The first-order valence-corrected chi connectivity index (χ1v) is 20.7. The van der Waals surface area contributed by atoms with Crippen molar-refractivity contribution in [2.75, 3.05) is 5.32 Å². The fourth-order valence-corrected chi connectivity index (χ4v) is 7.65. The molecule has 0 unspecified atom stereocenters. The van der Waals surface area contributed by atoms with Crippen LogP contribution in [0.25, 0.3) is 10.9 Å². The van der Waals surface area contributed by atoms with Gasteiger partial charge in [-0.05, 0) is 0 Å². The number of nitrogens with zero attached hydrogens (tertiary/aromatic N) is 3. The van der Waals surface area contributed by atoms with E-state index in [0.717, 1.165) is 7.67 Å². The summed E-state index contributed by atoms with van der Waals surface area (Å²) in [5, 5.41) is 14.1. The van der Waals surface area contributed by atoms with Crippen LogP contribution in [0.15, 0.2) is 65.8 Å². The molecule has 154 valence electrons. The van der Waals surface area contributed by atoms with Gasteiger partial charge in [-0.3, -0.25) is 0 Å². The molecule has 2 heterocycles. The van der Waals surface area contributed by atoms with Gasteiger partial charge >= 0.3 is 179 Å². The SMILES string of the molecule is [CH3][Sn]([CH3])([CH3])[c]1cc(NC(=O)c2ccn[nH]2)c2cnn(S(=O)(=O)c3ccccc3)c2c1. The van der Waals surface area contributed by atoms with E-state index in [1.807, 2.05) is 12.1 Å². The molecule has 2 aromatic carbocycles. The first-order valence-electron chi connectivity index (χ1n) is 9.31. The Balaban J connectivity index is 1.90. The predicted molar refractivity (Wildman–Crippen MR) is 118 cm³/mol. The molecule has 0 saturated heterocycles. The first-order chi connectivity index (χ1) is 14.2. The van der Waals surface area contributed by atoms with Gasteiger partial charge in [0, 0.05) is 0 Å². The summed E-state index contributed by atoms with van der Waals surface area (Å²) in [6.45, 7) is 0. The average molecular weight is 530 g/mol. The number of rotatable bonds is 5. The number of nitrogens with one attached hydrogen (secondary N) is 2. The molecule has 0 saturated carbocycles. The van der Waals surface area contributed by atoms with Crippen LogP contribution < -0.4 is 8.90 Å². The topological polar surface area (TPSA) is 110 Å². The van der Waals surface area contributed by atoms with Gasteiger partial charge < -0.3 is 0 Å². The maximum atomic E-state index is 13.2. The fourth-order valence-electron chi connectivity index (χ4n) is 3.10. The molecule has 0 aliphatic carbocycles. The van der Waals surface area contributed by atoms with E-state index in [9.17, 15) is 13.2 Å². The molecule has 2 aromatic heterocycles. The van der Waals surface area contributed by atoms with E-state index in [-0.39, 0.29) is 10.8 Å². The molecule has 0 radical (unpaired) electrons. The van der Waals surface area contributed by atoms with Crippen molar-refractivity contribution in [3.63, 3.8) is 0 Å². The summed E-state index contributed by atoms with van der Waals surface area (Å²) in [5.41, 5.74) is 1.29. The quantitative estimate of drug-likeness (QED) is 0.386. The first kappa shape index (κ1) is 20.6. The van der Waals surface area contributed by atoms with Crippen LogP contribution in [0, 0.1) is 0 Å². The third-order valence-electron chi connectivity index (χ3n) is 4.78.